The van der Waals surface area contributed by atoms with Crippen LogP contribution in [0.3, 0.4) is 0 Å². The molecule has 0 aliphatic rings. The van der Waals surface area contributed by atoms with Crippen molar-refractivity contribution in [1.29, 1.82) is 0 Å². The highest BCUT2D eigenvalue weighted by atomic mass is 19.4. The van der Waals surface area contributed by atoms with Crippen LogP contribution in [0.2, 0.25) is 0 Å². The summed E-state index contributed by atoms with van der Waals surface area (Å²) in [6, 6.07) is 4.47. The third-order valence-corrected chi connectivity index (χ3v) is 2.12. The van der Waals surface area contributed by atoms with Crippen molar-refractivity contribution in [3.63, 3.8) is 0 Å². The van der Waals surface area contributed by atoms with Crippen LogP contribution in [0.15, 0.2) is 24.3 Å². The third-order valence-electron chi connectivity index (χ3n) is 2.12. The van der Waals surface area contributed by atoms with Crippen LogP contribution in [0, 0.1) is 5.82 Å². The maximum Gasteiger partial charge on any atom is 0.411 e. The number of benzene rings is 1. The first-order valence-corrected chi connectivity index (χ1v) is 4.92. The van der Waals surface area contributed by atoms with Gasteiger partial charge in [0.25, 0.3) is 0 Å². The van der Waals surface area contributed by atoms with Crippen molar-refractivity contribution in [2.24, 2.45) is 0 Å². The van der Waals surface area contributed by atoms with E-state index in [1.807, 2.05) is 0 Å². The average Bonchev–Trinajstić information content (AvgIpc) is 2.24. The van der Waals surface area contributed by atoms with E-state index in [1.165, 1.54) is 12.1 Å². The van der Waals surface area contributed by atoms with Crippen molar-refractivity contribution < 1.29 is 32.2 Å². The summed E-state index contributed by atoms with van der Waals surface area (Å²) in [7, 11) is 0. The summed E-state index contributed by atoms with van der Waals surface area (Å²) in [5.41, 5.74) is 0.186. The molecule has 0 amide bonds. The van der Waals surface area contributed by atoms with E-state index < -0.39 is 37.1 Å². The lowest BCUT2D eigenvalue weighted by Gasteiger charge is -2.14. The van der Waals surface area contributed by atoms with E-state index in [9.17, 15) is 22.4 Å². The Morgan fingerprint density at radius 3 is 2.28 bits per heavy atom. The molecular formula is C11H10F4O3. The highest BCUT2D eigenvalue weighted by Gasteiger charge is 2.29. The summed E-state index contributed by atoms with van der Waals surface area (Å²) in [4.78, 5) is 10.9. The average molecular weight is 266 g/mol. The van der Waals surface area contributed by atoms with Gasteiger partial charge in [0.2, 0.25) is 0 Å². The molecule has 0 radical (unpaired) electrons. The molecule has 0 spiro atoms. The molecule has 0 aromatic heterocycles. The first kappa shape index (κ1) is 14.4. The van der Waals surface area contributed by atoms with Gasteiger partial charge in [0.05, 0.1) is 6.61 Å². The molecule has 0 fully saturated rings. The smallest absolute Gasteiger partial charge is 0.411 e. The molecule has 1 unspecified atom stereocenters. The van der Waals surface area contributed by atoms with Crippen LogP contribution in [0.5, 0.6) is 0 Å². The molecule has 3 nitrogen and oxygen atoms in total. The molecule has 0 aliphatic carbocycles. The lowest BCUT2D eigenvalue weighted by atomic mass is 10.0. The normalized spacial score (nSPS) is 13.3. The number of aliphatic carboxylic acids is 1. The van der Waals surface area contributed by atoms with E-state index in [0.29, 0.717) is 0 Å². The van der Waals surface area contributed by atoms with E-state index in [4.69, 9.17) is 5.11 Å². The van der Waals surface area contributed by atoms with Gasteiger partial charge >= 0.3 is 12.1 Å². The molecular weight excluding hydrogens is 256 g/mol. The number of hydrogen-bond donors (Lipinski definition) is 1. The van der Waals surface area contributed by atoms with Gasteiger partial charge in [0.15, 0.2) is 0 Å². The predicted octanol–water partition coefficient (Wildman–Crippen LogP) is 2.57. The number of carboxylic acids is 1. The molecule has 0 bridgehead atoms. The number of rotatable bonds is 5. The molecule has 1 aromatic rings. The topological polar surface area (TPSA) is 46.5 Å². The van der Waals surface area contributed by atoms with Crippen LogP contribution in [0.4, 0.5) is 17.6 Å². The van der Waals surface area contributed by atoms with E-state index in [0.717, 1.165) is 12.1 Å². The minimum atomic E-state index is -4.51. The molecule has 0 heterocycles. The zero-order chi connectivity index (χ0) is 13.8. The van der Waals surface area contributed by atoms with Crippen LogP contribution in [-0.4, -0.2) is 30.5 Å². The Labute approximate surface area is 100.0 Å². The van der Waals surface area contributed by atoms with Crippen molar-refractivity contribution in [2.45, 2.75) is 12.1 Å². The zero-order valence-corrected chi connectivity index (χ0v) is 9.08. The van der Waals surface area contributed by atoms with E-state index in [-0.39, 0.29) is 5.56 Å². The highest BCUT2D eigenvalue weighted by molar-refractivity contribution is 5.76. The Bertz CT molecular complexity index is 400. The van der Waals surface area contributed by atoms with Gasteiger partial charge < -0.3 is 9.84 Å². The summed E-state index contributed by atoms with van der Waals surface area (Å²) in [6.45, 7) is -2.14. The second-order valence-corrected chi connectivity index (χ2v) is 3.57. The van der Waals surface area contributed by atoms with Gasteiger partial charge in [0, 0.05) is 0 Å². The number of ether oxygens (including phenoxy) is 1. The number of carboxylic acid groups (broad SMARTS) is 1. The van der Waals surface area contributed by atoms with Gasteiger partial charge in [-0.05, 0) is 17.7 Å². The maximum atomic E-state index is 12.6. The Kier molecular flexibility index (Phi) is 4.66. The molecule has 100 valence electrons. The first-order chi connectivity index (χ1) is 8.29. The molecule has 1 N–H and O–H groups in total. The van der Waals surface area contributed by atoms with Gasteiger partial charge in [-0.1, -0.05) is 12.1 Å². The second-order valence-electron chi connectivity index (χ2n) is 3.57. The molecule has 7 heteroatoms. The number of halogens is 4. The van der Waals surface area contributed by atoms with E-state index >= 15 is 0 Å². The standard InChI is InChI=1S/C11H10F4O3/c12-8-3-1-7(2-4-8)9(10(16)17)5-18-6-11(13,14)15/h1-4,9H,5-6H2,(H,16,17). The van der Waals surface area contributed by atoms with Crippen LogP contribution in [0.25, 0.3) is 0 Å². The van der Waals surface area contributed by atoms with Gasteiger partial charge in [0.1, 0.15) is 18.3 Å². The number of alkyl halides is 3. The minimum absolute atomic E-state index is 0.186. The van der Waals surface area contributed by atoms with Crippen LogP contribution in [-0.2, 0) is 9.53 Å². The lowest BCUT2D eigenvalue weighted by molar-refractivity contribution is -0.177. The number of hydrogen-bond acceptors (Lipinski definition) is 2. The summed E-state index contributed by atoms with van der Waals surface area (Å²) >= 11 is 0. The molecule has 18 heavy (non-hydrogen) atoms. The van der Waals surface area contributed by atoms with Crippen molar-refractivity contribution in [3.05, 3.63) is 35.6 Å². The van der Waals surface area contributed by atoms with Gasteiger partial charge in [-0.3, -0.25) is 4.79 Å². The van der Waals surface area contributed by atoms with E-state index in [2.05, 4.69) is 4.74 Å². The molecule has 0 saturated heterocycles. The Hall–Kier alpha value is -1.63. The summed E-state index contributed by atoms with van der Waals surface area (Å²) in [5.74, 6) is -3.14. The fourth-order valence-electron chi connectivity index (χ4n) is 1.30. The van der Waals surface area contributed by atoms with E-state index in [1.54, 1.807) is 0 Å². The quantitative estimate of drug-likeness (QED) is 0.833. The van der Waals surface area contributed by atoms with Gasteiger partial charge in [-0.25, -0.2) is 4.39 Å². The van der Waals surface area contributed by atoms with Gasteiger partial charge in [-0.2, -0.15) is 13.2 Å². The van der Waals surface area contributed by atoms with Crippen molar-refractivity contribution in [3.8, 4) is 0 Å². The summed E-state index contributed by atoms with van der Waals surface area (Å²) in [5, 5.41) is 8.87. The van der Waals surface area contributed by atoms with Gasteiger partial charge in [-0.15, -0.1) is 0 Å². The Balaban J connectivity index is 2.66. The monoisotopic (exact) mass is 266 g/mol. The van der Waals surface area contributed by atoms with Crippen LogP contribution in [0.1, 0.15) is 11.5 Å². The third kappa shape index (κ3) is 4.70. The lowest BCUT2D eigenvalue weighted by Crippen LogP contribution is -2.23. The predicted molar refractivity (Wildman–Crippen MR) is 53.7 cm³/mol. The zero-order valence-electron chi connectivity index (χ0n) is 9.08. The largest absolute Gasteiger partial charge is 0.481 e. The molecule has 1 rings (SSSR count). The second kappa shape index (κ2) is 5.81. The van der Waals surface area contributed by atoms with Crippen LogP contribution < -0.4 is 0 Å². The Morgan fingerprint density at radius 1 is 1.28 bits per heavy atom. The minimum Gasteiger partial charge on any atom is -0.481 e. The SMILES string of the molecule is O=C(O)C(COCC(F)(F)F)c1ccc(F)cc1. The number of carbonyl (C=O) groups is 1. The van der Waals surface area contributed by atoms with Crippen molar-refractivity contribution in [1.82, 2.24) is 0 Å². The fraction of sp³-hybridized carbons (Fsp3) is 0.364. The molecule has 1 aromatic carbocycles. The molecule has 0 saturated carbocycles. The van der Waals surface area contributed by atoms with Crippen LogP contribution >= 0.6 is 0 Å². The summed E-state index contributed by atoms with van der Waals surface area (Å²) in [6.07, 6.45) is -4.51. The fourth-order valence-corrected chi connectivity index (χ4v) is 1.30. The maximum absolute atomic E-state index is 12.6. The van der Waals surface area contributed by atoms with Crippen molar-refractivity contribution >= 4 is 5.97 Å². The summed E-state index contributed by atoms with van der Waals surface area (Å²) < 4.78 is 52.5. The highest BCUT2D eigenvalue weighted by Crippen LogP contribution is 2.20. The van der Waals surface area contributed by atoms with Crippen molar-refractivity contribution in [2.75, 3.05) is 13.2 Å². The first-order valence-electron chi connectivity index (χ1n) is 4.92. The Morgan fingerprint density at radius 2 is 1.83 bits per heavy atom. The molecule has 0 aliphatic heterocycles. The molecule has 1 atom stereocenters.